The second-order valence-electron chi connectivity index (χ2n) is 4.14. The summed E-state index contributed by atoms with van der Waals surface area (Å²) < 4.78 is 6.85. The number of fused-ring (bicyclic) bond motifs is 1. The molecule has 0 N–H and O–H groups in total. The van der Waals surface area contributed by atoms with Gasteiger partial charge < -0.3 is 4.74 Å². The lowest BCUT2D eigenvalue weighted by Crippen LogP contribution is -2.13. The molecule has 0 aliphatic rings. The highest BCUT2D eigenvalue weighted by Gasteiger charge is 2.14. The van der Waals surface area contributed by atoms with E-state index in [0.717, 1.165) is 14.0 Å². The van der Waals surface area contributed by atoms with Crippen molar-refractivity contribution in [2.45, 2.75) is 0 Å². The molecule has 0 aliphatic heterocycles. The molecule has 106 valence electrons. The van der Waals surface area contributed by atoms with Gasteiger partial charge in [0.05, 0.1) is 30.0 Å². The van der Waals surface area contributed by atoms with E-state index in [-0.39, 0.29) is 12.4 Å². The lowest BCUT2D eigenvalue weighted by atomic mass is 10.2. The van der Waals surface area contributed by atoms with Gasteiger partial charge in [-0.25, -0.2) is 9.78 Å². The summed E-state index contributed by atoms with van der Waals surface area (Å²) in [4.78, 5) is 28.5. The molecule has 0 saturated heterocycles. The van der Waals surface area contributed by atoms with Crippen LogP contribution in [0.5, 0.6) is 0 Å². The number of halogens is 1. The molecule has 0 fully saturated rings. The predicted octanol–water partition coefficient (Wildman–Crippen LogP) is 4.16. The minimum Gasteiger partial charge on any atom is -0.454 e. The zero-order valence-electron chi connectivity index (χ0n) is 10.5. The van der Waals surface area contributed by atoms with E-state index in [1.807, 2.05) is 0 Å². The number of ketones is 1. The predicted molar refractivity (Wildman–Crippen MR) is 86.3 cm³/mol. The lowest BCUT2D eigenvalue weighted by Gasteiger charge is -2.03. The minimum atomic E-state index is -0.505. The fraction of sp³-hybridized carbons (Fsp3) is 0.0714. The number of aromatic nitrogens is 1. The van der Waals surface area contributed by atoms with Gasteiger partial charge >= 0.3 is 5.97 Å². The van der Waals surface area contributed by atoms with E-state index in [4.69, 9.17) is 4.74 Å². The van der Waals surface area contributed by atoms with E-state index in [1.54, 1.807) is 35.8 Å². The maximum Gasteiger partial charge on any atom is 0.338 e. The molecular formula is C14H8BrNO3S2. The molecule has 3 rings (SSSR count). The molecule has 0 aliphatic carbocycles. The Morgan fingerprint density at radius 1 is 1.24 bits per heavy atom. The molecule has 1 aromatic carbocycles. The number of carbonyl (C=O) groups is 2. The molecule has 3 aromatic rings. The maximum absolute atomic E-state index is 12.0. The largest absolute Gasteiger partial charge is 0.454 e. The number of hydrogen-bond donors (Lipinski definition) is 0. The summed E-state index contributed by atoms with van der Waals surface area (Å²) in [6, 6.07) is 8.63. The zero-order chi connectivity index (χ0) is 14.8. The van der Waals surface area contributed by atoms with E-state index in [0.29, 0.717) is 10.4 Å². The molecule has 0 spiro atoms. The summed E-state index contributed by atoms with van der Waals surface area (Å²) >= 11 is 6.06. The monoisotopic (exact) mass is 381 g/mol. The third-order valence-corrected chi connectivity index (χ3v) is 5.21. The highest BCUT2D eigenvalue weighted by Crippen LogP contribution is 2.23. The first kappa shape index (κ1) is 14.4. The molecule has 4 nitrogen and oxygen atoms in total. The maximum atomic E-state index is 12.0. The summed E-state index contributed by atoms with van der Waals surface area (Å²) in [5, 5.41) is 0. The number of thiazole rings is 1. The van der Waals surface area contributed by atoms with Crippen LogP contribution in [0.15, 0.2) is 39.6 Å². The van der Waals surface area contributed by atoms with Crippen molar-refractivity contribution in [1.29, 1.82) is 0 Å². The van der Waals surface area contributed by atoms with E-state index < -0.39 is 5.97 Å². The van der Waals surface area contributed by atoms with Crippen molar-refractivity contribution >= 4 is 60.6 Å². The van der Waals surface area contributed by atoms with Gasteiger partial charge in [0.2, 0.25) is 5.78 Å². The topological polar surface area (TPSA) is 56.3 Å². The van der Waals surface area contributed by atoms with E-state index >= 15 is 0 Å². The lowest BCUT2D eigenvalue weighted by molar-refractivity contribution is 0.0476. The third-order valence-electron chi connectivity index (χ3n) is 2.75. The van der Waals surface area contributed by atoms with Gasteiger partial charge in [-0.05, 0) is 46.3 Å². The van der Waals surface area contributed by atoms with Crippen LogP contribution < -0.4 is 0 Å². The second-order valence-corrected chi connectivity index (χ2v) is 7.49. The van der Waals surface area contributed by atoms with Crippen LogP contribution in [-0.4, -0.2) is 23.3 Å². The Labute approximate surface area is 136 Å². The average molecular weight is 382 g/mol. The SMILES string of the molecule is O=C(OCC(=O)c1ccc(Br)s1)c1ccc2ncsc2c1. The van der Waals surface area contributed by atoms with E-state index in [1.165, 1.54) is 22.7 Å². The van der Waals surface area contributed by atoms with Crippen molar-refractivity contribution in [3.63, 3.8) is 0 Å². The van der Waals surface area contributed by atoms with Gasteiger partial charge in [-0.15, -0.1) is 22.7 Å². The Kier molecular flexibility index (Phi) is 4.14. The van der Waals surface area contributed by atoms with Crippen molar-refractivity contribution < 1.29 is 14.3 Å². The van der Waals surface area contributed by atoms with Gasteiger partial charge in [-0.1, -0.05) is 0 Å². The van der Waals surface area contributed by atoms with Crippen molar-refractivity contribution in [3.8, 4) is 0 Å². The first-order valence-electron chi connectivity index (χ1n) is 5.92. The molecule has 7 heteroatoms. The Bertz CT molecular complexity index is 824. The molecule has 0 unspecified atom stereocenters. The van der Waals surface area contributed by atoms with Gasteiger partial charge in [0.25, 0.3) is 0 Å². The van der Waals surface area contributed by atoms with Crippen LogP contribution in [0.4, 0.5) is 0 Å². The summed E-state index contributed by atoms with van der Waals surface area (Å²) in [6.45, 7) is -0.257. The minimum absolute atomic E-state index is 0.210. The Morgan fingerprint density at radius 3 is 2.86 bits per heavy atom. The first-order chi connectivity index (χ1) is 10.1. The molecule has 2 heterocycles. The number of hydrogen-bond acceptors (Lipinski definition) is 6. The van der Waals surface area contributed by atoms with Crippen LogP contribution in [-0.2, 0) is 4.74 Å². The number of rotatable bonds is 4. The van der Waals surface area contributed by atoms with Crippen LogP contribution in [0.1, 0.15) is 20.0 Å². The number of benzene rings is 1. The Hall–Kier alpha value is -1.57. The molecule has 0 bridgehead atoms. The first-order valence-corrected chi connectivity index (χ1v) is 8.41. The molecule has 21 heavy (non-hydrogen) atoms. The summed E-state index contributed by atoms with van der Waals surface area (Å²) in [5.74, 6) is -0.716. The number of nitrogens with zero attached hydrogens (tertiary/aromatic N) is 1. The van der Waals surface area contributed by atoms with E-state index in [9.17, 15) is 9.59 Å². The van der Waals surface area contributed by atoms with Crippen molar-refractivity contribution in [2.24, 2.45) is 0 Å². The van der Waals surface area contributed by atoms with Crippen LogP contribution in [0.3, 0.4) is 0 Å². The van der Waals surface area contributed by atoms with Crippen LogP contribution >= 0.6 is 38.6 Å². The third kappa shape index (κ3) is 3.20. The van der Waals surface area contributed by atoms with Gasteiger partial charge in [-0.2, -0.15) is 0 Å². The van der Waals surface area contributed by atoms with Crippen molar-refractivity contribution in [3.05, 3.63) is 50.1 Å². The summed E-state index contributed by atoms with van der Waals surface area (Å²) in [6.07, 6.45) is 0. The van der Waals surface area contributed by atoms with Crippen molar-refractivity contribution in [1.82, 2.24) is 4.98 Å². The summed E-state index contributed by atoms with van der Waals surface area (Å²) in [7, 11) is 0. The standard InChI is InChI=1S/C14H8BrNO3S2/c15-13-4-3-11(21-13)10(17)6-19-14(18)8-1-2-9-12(5-8)20-7-16-9/h1-5,7H,6H2. The average Bonchev–Trinajstić information content (AvgIpc) is 3.12. The molecule has 0 atom stereocenters. The quantitative estimate of drug-likeness (QED) is 0.502. The fourth-order valence-electron chi connectivity index (χ4n) is 1.73. The Morgan fingerprint density at radius 2 is 2.10 bits per heavy atom. The molecule has 2 aromatic heterocycles. The number of ether oxygens (including phenoxy) is 1. The highest BCUT2D eigenvalue weighted by atomic mass is 79.9. The van der Waals surface area contributed by atoms with Crippen LogP contribution in [0, 0.1) is 0 Å². The van der Waals surface area contributed by atoms with Gasteiger partial charge in [0, 0.05) is 0 Å². The smallest absolute Gasteiger partial charge is 0.338 e. The molecule has 0 radical (unpaired) electrons. The van der Waals surface area contributed by atoms with Crippen LogP contribution in [0.25, 0.3) is 10.2 Å². The Balaban J connectivity index is 1.67. The van der Waals surface area contributed by atoms with Crippen LogP contribution in [0.2, 0.25) is 0 Å². The fourth-order valence-corrected chi connectivity index (χ4v) is 3.76. The number of Topliss-reactive ketones (excluding diaryl/α,β-unsaturated/α-hetero) is 1. The van der Waals surface area contributed by atoms with Gasteiger partial charge in [-0.3, -0.25) is 4.79 Å². The zero-order valence-corrected chi connectivity index (χ0v) is 13.8. The summed E-state index contributed by atoms with van der Waals surface area (Å²) in [5.41, 5.74) is 2.99. The van der Waals surface area contributed by atoms with Crippen molar-refractivity contribution in [2.75, 3.05) is 6.61 Å². The molecular weight excluding hydrogens is 374 g/mol. The number of thiophene rings is 1. The second kappa shape index (κ2) is 6.05. The van der Waals surface area contributed by atoms with E-state index in [2.05, 4.69) is 20.9 Å². The highest BCUT2D eigenvalue weighted by molar-refractivity contribution is 9.11. The van der Waals surface area contributed by atoms with Gasteiger partial charge in [0.1, 0.15) is 0 Å². The number of carbonyl (C=O) groups excluding carboxylic acids is 2. The molecule has 0 saturated carbocycles. The number of esters is 1. The van der Waals surface area contributed by atoms with Gasteiger partial charge in [0.15, 0.2) is 6.61 Å². The normalized spacial score (nSPS) is 10.7. The molecule has 0 amide bonds.